The molecule has 0 aromatic heterocycles. The molecule has 0 fully saturated rings. The van der Waals surface area contributed by atoms with E-state index < -0.39 is 13.9 Å². The Morgan fingerprint density at radius 2 is 1.93 bits per heavy atom. The Kier molecular flexibility index (Phi) is 6.75. The van der Waals surface area contributed by atoms with Crippen molar-refractivity contribution in [3.8, 4) is 0 Å². The highest BCUT2D eigenvalue weighted by Crippen LogP contribution is 2.49. The van der Waals surface area contributed by atoms with Crippen LogP contribution < -0.4 is 0 Å². The fraction of sp³-hybridized carbons (Fsp3) is 0.556. The molecule has 0 heterocycles. The quantitative estimate of drug-likeness (QED) is 0.500. The van der Waals surface area contributed by atoms with Crippen molar-refractivity contribution in [3.63, 3.8) is 0 Å². The van der Waals surface area contributed by atoms with E-state index in [2.05, 4.69) is 13.2 Å². The average molecular weight is 219 g/mol. The molecular formula is C9H18NO3P. The van der Waals surface area contributed by atoms with Gasteiger partial charge >= 0.3 is 0 Å². The van der Waals surface area contributed by atoms with Crippen molar-refractivity contribution in [2.75, 3.05) is 26.0 Å². The monoisotopic (exact) mass is 219 g/mol. The Bertz CT molecular complexity index is 220. The topological polar surface area (TPSA) is 49.8 Å². The van der Waals surface area contributed by atoms with E-state index >= 15 is 0 Å². The van der Waals surface area contributed by atoms with Gasteiger partial charge in [0.05, 0.1) is 6.61 Å². The largest absolute Gasteiger partial charge is 0.385 e. The van der Waals surface area contributed by atoms with Crippen LogP contribution in [0.25, 0.3) is 0 Å². The molecule has 1 atom stereocenters. The number of hydrogen-bond donors (Lipinski definition) is 1. The van der Waals surface area contributed by atoms with Gasteiger partial charge in [-0.3, -0.25) is 4.57 Å². The number of rotatable bonds is 8. The lowest BCUT2D eigenvalue weighted by atomic mass is 10.5. The second-order valence-electron chi connectivity index (χ2n) is 2.65. The van der Waals surface area contributed by atoms with E-state index in [4.69, 9.17) is 9.63 Å². The highest BCUT2D eigenvalue weighted by molar-refractivity contribution is 7.56. The van der Waals surface area contributed by atoms with Crippen LogP contribution in [-0.4, -0.2) is 35.8 Å². The molecule has 0 amide bonds. The van der Waals surface area contributed by atoms with E-state index in [0.29, 0.717) is 19.7 Å². The van der Waals surface area contributed by atoms with Gasteiger partial charge in [0.2, 0.25) is 0 Å². The summed E-state index contributed by atoms with van der Waals surface area (Å²) in [4.78, 5) is 0. The van der Waals surface area contributed by atoms with Crippen LogP contribution in [0.4, 0.5) is 0 Å². The van der Waals surface area contributed by atoms with Crippen molar-refractivity contribution in [3.05, 3.63) is 25.3 Å². The van der Waals surface area contributed by atoms with Gasteiger partial charge in [0.25, 0.3) is 7.52 Å². The standard InChI is InChI=1S/C9H18NO3P/c1-4-7-10(8-5-2)14(12,9-11)13-6-3/h4-5,11H,1-2,6-9H2,3H3. The van der Waals surface area contributed by atoms with E-state index in [0.717, 1.165) is 0 Å². The van der Waals surface area contributed by atoms with Crippen molar-refractivity contribution in [2.45, 2.75) is 6.92 Å². The van der Waals surface area contributed by atoms with E-state index in [-0.39, 0.29) is 0 Å². The molecular weight excluding hydrogens is 201 g/mol. The van der Waals surface area contributed by atoms with Gasteiger partial charge in [-0.1, -0.05) is 12.2 Å². The summed E-state index contributed by atoms with van der Waals surface area (Å²) in [6.07, 6.45) is 2.75. The maximum absolute atomic E-state index is 12.0. The lowest BCUT2D eigenvalue weighted by Crippen LogP contribution is -2.23. The number of aliphatic hydroxyl groups excluding tert-OH is 1. The molecule has 0 aliphatic heterocycles. The first kappa shape index (κ1) is 13.6. The van der Waals surface area contributed by atoms with Gasteiger partial charge in [0.15, 0.2) is 0 Å². The molecule has 0 bridgehead atoms. The average Bonchev–Trinajstić information content (AvgIpc) is 2.18. The molecule has 0 spiro atoms. The Hall–Kier alpha value is -0.410. The molecule has 5 heteroatoms. The third-order valence-corrected chi connectivity index (χ3v) is 3.83. The summed E-state index contributed by atoms with van der Waals surface area (Å²) in [5.41, 5.74) is 0. The molecule has 14 heavy (non-hydrogen) atoms. The zero-order valence-corrected chi connectivity index (χ0v) is 9.45. The molecule has 0 aromatic rings. The fourth-order valence-corrected chi connectivity index (χ4v) is 2.59. The van der Waals surface area contributed by atoms with Crippen LogP contribution in [0, 0.1) is 0 Å². The van der Waals surface area contributed by atoms with Gasteiger partial charge in [-0.2, -0.15) is 0 Å². The van der Waals surface area contributed by atoms with Gasteiger partial charge in [-0.25, -0.2) is 4.67 Å². The van der Waals surface area contributed by atoms with Crippen molar-refractivity contribution in [1.82, 2.24) is 4.67 Å². The minimum absolute atomic E-state index is 0.308. The van der Waals surface area contributed by atoms with Crippen molar-refractivity contribution < 1.29 is 14.2 Å². The zero-order valence-electron chi connectivity index (χ0n) is 8.56. The lowest BCUT2D eigenvalue weighted by Gasteiger charge is -2.27. The van der Waals surface area contributed by atoms with Gasteiger partial charge in [0, 0.05) is 13.1 Å². The predicted molar refractivity (Wildman–Crippen MR) is 58.3 cm³/mol. The van der Waals surface area contributed by atoms with Gasteiger partial charge in [-0.05, 0) is 6.92 Å². The number of hydrogen-bond acceptors (Lipinski definition) is 3. The third-order valence-electron chi connectivity index (χ3n) is 1.62. The first-order valence-electron chi connectivity index (χ1n) is 4.46. The Labute approximate surface area is 85.4 Å². The Morgan fingerprint density at radius 1 is 1.43 bits per heavy atom. The van der Waals surface area contributed by atoms with E-state index in [1.165, 1.54) is 4.67 Å². The molecule has 0 saturated heterocycles. The maximum atomic E-state index is 12.0. The predicted octanol–water partition coefficient (Wildman–Crippen LogP) is 1.84. The summed E-state index contributed by atoms with van der Waals surface area (Å²) in [5.74, 6) is 0. The minimum atomic E-state index is -3.10. The van der Waals surface area contributed by atoms with Crippen LogP contribution in [0.3, 0.4) is 0 Å². The molecule has 0 aliphatic carbocycles. The Balaban J connectivity index is 4.62. The molecule has 0 radical (unpaired) electrons. The molecule has 82 valence electrons. The van der Waals surface area contributed by atoms with E-state index in [1.54, 1.807) is 19.1 Å². The van der Waals surface area contributed by atoms with Crippen LogP contribution in [0.2, 0.25) is 0 Å². The van der Waals surface area contributed by atoms with Crippen molar-refractivity contribution in [2.24, 2.45) is 0 Å². The van der Waals surface area contributed by atoms with E-state index in [1.807, 2.05) is 0 Å². The minimum Gasteiger partial charge on any atom is -0.385 e. The normalized spacial score (nSPS) is 15.1. The number of nitrogens with zero attached hydrogens (tertiary/aromatic N) is 1. The zero-order chi connectivity index (χ0) is 11.0. The molecule has 0 aliphatic rings. The SMILES string of the molecule is C=CCN(CC=C)P(=O)(CO)OCC. The van der Waals surface area contributed by atoms with Gasteiger partial charge < -0.3 is 9.63 Å². The molecule has 1 N–H and O–H groups in total. The molecule has 0 rings (SSSR count). The van der Waals surface area contributed by atoms with Crippen LogP contribution in [0.1, 0.15) is 6.92 Å². The van der Waals surface area contributed by atoms with Crippen LogP contribution >= 0.6 is 7.52 Å². The first-order chi connectivity index (χ1) is 6.64. The number of aliphatic hydroxyl groups is 1. The molecule has 4 nitrogen and oxygen atoms in total. The van der Waals surface area contributed by atoms with Gasteiger partial charge in [0.1, 0.15) is 6.35 Å². The summed E-state index contributed by atoms with van der Waals surface area (Å²) in [6.45, 7) is 9.97. The molecule has 1 unspecified atom stereocenters. The fourth-order valence-electron chi connectivity index (χ4n) is 1.04. The van der Waals surface area contributed by atoms with Crippen LogP contribution in [-0.2, 0) is 9.09 Å². The van der Waals surface area contributed by atoms with Crippen molar-refractivity contribution >= 4 is 7.52 Å². The van der Waals surface area contributed by atoms with E-state index in [9.17, 15) is 4.57 Å². The molecule has 0 saturated carbocycles. The summed E-state index contributed by atoms with van der Waals surface area (Å²) in [5, 5.41) is 9.04. The first-order valence-corrected chi connectivity index (χ1v) is 6.22. The summed E-state index contributed by atoms with van der Waals surface area (Å²) in [6, 6.07) is 0. The highest BCUT2D eigenvalue weighted by Gasteiger charge is 2.28. The van der Waals surface area contributed by atoms with Crippen LogP contribution in [0.5, 0.6) is 0 Å². The second kappa shape index (κ2) is 6.96. The van der Waals surface area contributed by atoms with Crippen LogP contribution in [0.15, 0.2) is 25.3 Å². The summed E-state index contributed by atoms with van der Waals surface area (Å²) in [7, 11) is -3.10. The summed E-state index contributed by atoms with van der Waals surface area (Å²) >= 11 is 0. The van der Waals surface area contributed by atoms with Crippen molar-refractivity contribution in [1.29, 1.82) is 0 Å². The Morgan fingerprint density at radius 3 is 2.21 bits per heavy atom. The second-order valence-corrected chi connectivity index (χ2v) is 5.03. The maximum Gasteiger partial charge on any atom is 0.297 e. The molecule has 0 aromatic carbocycles. The van der Waals surface area contributed by atoms with Gasteiger partial charge in [-0.15, -0.1) is 13.2 Å². The lowest BCUT2D eigenvalue weighted by molar-refractivity contribution is 0.245. The smallest absolute Gasteiger partial charge is 0.297 e. The third kappa shape index (κ3) is 3.76. The summed E-state index contributed by atoms with van der Waals surface area (Å²) < 4.78 is 18.6. The highest BCUT2D eigenvalue weighted by atomic mass is 31.2.